The maximum atomic E-state index is 12.2. The maximum absolute atomic E-state index is 12.2. The van der Waals surface area contributed by atoms with Crippen LogP contribution < -0.4 is 0 Å². The third-order valence-electron chi connectivity index (χ3n) is 3.40. The van der Waals surface area contributed by atoms with Crippen LogP contribution in [0.15, 0.2) is 24.7 Å². The zero-order valence-corrected chi connectivity index (χ0v) is 10.4. The van der Waals surface area contributed by atoms with E-state index in [1.807, 2.05) is 16.7 Å². The van der Waals surface area contributed by atoms with E-state index in [-0.39, 0.29) is 5.91 Å². The second-order valence-electron chi connectivity index (χ2n) is 4.58. The highest BCUT2D eigenvalue weighted by molar-refractivity contribution is 5.79. The normalized spacial score (nSPS) is 14.2. The molecule has 0 radical (unpaired) electrons. The van der Waals surface area contributed by atoms with E-state index < -0.39 is 0 Å². The number of nitrogens with zero attached hydrogens (tertiary/aromatic N) is 3. The van der Waals surface area contributed by atoms with Gasteiger partial charge in [0.25, 0.3) is 0 Å². The summed E-state index contributed by atoms with van der Waals surface area (Å²) in [7, 11) is 0. The standard InChI is InChI=1S/C13H14N4O2/c18-8-11-12-7-16(4-5-17(12)9-15-11)13(19)6-10-2-1-3-14-10/h1-3,8-9,14H,4-7H2. The van der Waals surface area contributed by atoms with Gasteiger partial charge in [-0.3, -0.25) is 9.59 Å². The van der Waals surface area contributed by atoms with Gasteiger partial charge in [-0.2, -0.15) is 0 Å². The molecule has 6 heteroatoms. The van der Waals surface area contributed by atoms with Crippen molar-refractivity contribution >= 4 is 12.2 Å². The van der Waals surface area contributed by atoms with Crippen LogP contribution in [0.5, 0.6) is 0 Å². The number of nitrogens with one attached hydrogen (secondary N) is 1. The minimum absolute atomic E-state index is 0.0618. The zero-order chi connectivity index (χ0) is 13.2. The smallest absolute Gasteiger partial charge is 0.228 e. The zero-order valence-electron chi connectivity index (χ0n) is 10.4. The van der Waals surface area contributed by atoms with E-state index in [0.717, 1.165) is 17.7 Å². The second kappa shape index (κ2) is 4.72. The Labute approximate surface area is 110 Å². The molecule has 0 unspecified atom stereocenters. The van der Waals surface area contributed by atoms with Crippen molar-refractivity contribution in [3.63, 3.8) is 0 Å². The molecule has 1 amide bonds. The van der Waals surface area contributed by atoms with Crippen molar-refractivity contribution in [3.05, 3.63) is 41.7 Å². The summed E-state index contributed by atoms with van der Waals surface area (Å²) < 4.78 is 1.93. The van der Waals surface area contributed by atoms with E-state index in [2.05, 4.69) is 9.97 Å². The fraction of sp³-hybridized carbons (Fsp3) is 0.308. The Hall–Kier alpha value is -2.37. The van der Waals surface area contributed by atoms with Crippen molar-refractivity contribution in [1.82, 2.24) is 19.4 Å². The third kappa shape index (κ3) is 2.16. The Kier molecular flexibility index (Phi) is 2.91. The summed E-state index contributed by atoms with van der Waals surface area (Å²) in [5.41, 5.74) is 2.15. The Bertz CT molecular complexity index is 600. The van der Waals surface area contributed by atoms with Crippen molar-refractivity contribution in [3.8, 4) is 0 Å². The van der Waals surface area contributed by atoms with Crippen molar-refractivity contribution in [1.29, 1.82) is 0 Å². The van der Waals surface area contributed by atoms with Crippen molar-refractivity contribution in [2.45, 2.75) is 19.5 Å². The van der Waals surface area contributed by atoms with Crippen LogP contribution in [0.3, 0.4) is 0 Å². The molecule has 0 saturated carbocycles. The fourth-order valence-electron chi connectivity index (χ4n) is 2.34. The molecule has 1 aliphatic rings. The van der Waals surface area contributed by atoms with Gasteiger partial charge < -0.3 is 14.5 Å². The summed E-state index contributed by atoms with van der Waals surface area (Å²) >= 11 is 0. The van der Waals surface area contributed by atoms with Crippen molar-refractivity contribution in [2.75, 3.05) is 6.54 Å². The number of hydrogen-bond acceptors (Lipinski definition) is 3. The monoisotopic (exact) mass is 258 g/mol. The summed E-state index contributed by atoms with van der Waals surface area (Å²) in [6, 6.07) is 3.77. The fourth-order valence-corrected chi connectivity index (χ4v) is 2.34. The van der Waals surface area contributed by atoms with Crippen LogP contribution in [0.4, 0.5) is 0 Å². The molecule has 0 atom stereocenters. The Balaban J connectivity index is 1.74. The van der Waals surface area contributed by atoms with Crippen LogP contribution in [-0.2, 0) is 24.3 Å². The number of aromatic amines is 1. The number of amides is 1. The van der Waals surface area contributed by atoms with E-state index >= 15 is 0 Å². The molecular weight excluding hydrogens is 244 g/mol. The van der Waals surface area contributed by atoms with Gasteiger partial charge in [0, 0.05) is 25.0 Å². The SMILES string of the molecule is O=Cc1ncn2c1CN(C(=O)Cc1ccc[nH]1)CC2. The van der Waals surface area contributed by atoms with E-state index in [1.54, 1.807) is 17.4 Å². The maximum Gasteiger partial charge on any atom is 0.228 e. The molecule has 98 valence electrons. The van der Waals surface area contributed by atoms with Gasteiger partial charge in [-0.1, -0.05) is 0 Å². The minimum Gasteiger partial charge on any atom is -0.365 e. The first kappa shape index (κ1) is 11.7. The van der Waals surface area contributed by atoms with Gasteiger partial charge in [-0.15, -0.1) is 0 Å². The van der Waals surface area contributed by atoms with Crippen LogP contribution in [-0.4, -0.2) is 38.2 Å². The number of carbonyl (C=O) groups excluding carboxylic acids is 2. The number of rotatable bonds is 3. The van der Waals surface area contributed by atoms with Gasteiger partial charge in [0.2, 0.25) is 5.91 Å². The lowest BCUT2D eigenvalue weighted by molar-refractivity contribution is -0.131. The lowest BCUT2D eigenvalue weighted by Gasteiger charge is -2.28. The molecule has 0 aromatic carbocycles. The summed E-state index contributed by atoms with van der Waals surface area (Å²) in [6.07, 6.45) is 4.56. The first-order valence-electron chi connectivity index (χ1n) is 6.17. The van der Waals surface area contributed by atoms with Crippen LogP contribution in [0.25, 0.3) is 0 Å². The van der Waals surface area contributed by atoms with Gasteiger partial charge in [0.15, 0.2) is 6.29 Å². The summed E-state index contributed by atoms with van der Waals surface area (Å²) in [6.45, 7) is 1.79. The van der Waals surface area contributed by atoms with Crippen LogP contribution >= 0.6 is 0 Å². The number of hydrogen-bond donors (Lipinski definition) is 1. The first-order chi connectivity index (χ1) is 9.28. The molecule has 0 fully saturated rings. The highest BCUT2D eigenvalue weighted by atomic mass is 16.2. The number of fused-ring (bicyclic) bond motifs is 1. The summed E-state index contributed by atoms with van der Waals surface area (Å²) in [5.74, 6) is 0.0618. The molecule has 3 heterocycles. The molecule has 3 rings (SSSR count). The predicted molar refractivity (Wildman–Crippen MR) is 67.5 cm³/mol. The molecule has 2 aromatic heterocycles. The Morgan fingerprint density at radius 1 is 1.47 bits per heavy atom. The minimum atomic E-state index is 0.0618. The van der Waals surface area contributed by atoms with Crippen LogP contribution in [0, 0.1) is 0 Å². The molecule has 1 aliphatic heterocycles. The van der Waals surface area contributed by atoms with Gasteiger partial charge in [-0.25, -0.2) is 4.98 Å². The summed E-state index contributed by atoms with van der Waals surface area (Å²) in [4.78, 5) is 31.9. The first-order valence-corrected chi connectivity index (χ1v) is 6.17. The molecule has 0 aliphatic carbocycles. The predicted octanol–water partition coefficient (Wildman–Crippen LogP) is 0.609. The number of carbonyl (C=O) groups is 2. The summed E-state index contributed by atoms with van der Waals surface area (Å²) in [5, 5.41) is 0. The topological polar surface area (TPSA) is 71.0 Å². The average molecular weight is 258 g/mol. The third-order valence-corrected chi connectivity index (χ3v) is 3.40. The van der Waals surface area contributed by atoms with E-state index in [1.165, 1.54) is 0 Å². The number of aldehydes is 1. The Morgan fingerprint density at radius 3 is 3.11 bits per heavy atom. The molecule has 2 aromatic rings. The molecule has 6 nitrogen and oxygen atoms in total. The van der Waals surface area contributed by atoms with Crippen molar-refractivity contribution < 1.29 is 9.59 Å². The van der Waals surface area contributed by atoms with Gasteiger partial charge in [0.05, 0.1) is 25.0 Å². The highest BCUT2D eigenvalue weighted by Crippen LogP contribution is 2.16. The molecule has 0 spiro atoms. The van der Waals surface area contributed by atoms with Gasteiger partial charge >= 0.3 is 0 Å². The van der Waals surface area contributed by atoms with E-state index in [4.69, 9.17) is 0 Å². The number of H-pyrrole nitrogens is 1. The largest absolute Gasteiger partial charge is 0.365 e. The van der Waals surface area contributed by atoms with Crippen molar-refractivity contribution in [2.24, 2.45) is 0 Å². The quantitative estimate of drug-likeness (QED) is 0.820. The second-order valence-corrected chi connectivity index (χ2v) is 4.58. The highest BCUT2D eigenvalue weighted by Gasteiger charge is 2.23. The van der Waals surface area contributed by atoms with E-state index in [9.17, 15) is 9.59 Å². The van der Waals surface area contributed by atoms with E-state index in [0.29, 0.717) is 31.7 Å². The number of imidazole rings is 1. The molecular formula is C13H14N4O2. The number of aromatic nitrogens is 3. The molecule has 19 heavy (non-hydrogen) atoms. The van der Waals surface area contributed by atoms with Crippen LogP contribution in [0.2, 0.25) is 0 Å². The lowest BCUT2D eigenvalue weighted by atomic mass is 10.2. The molecule has 0 bridgehead atoms. The van der Waals surface area contributed by atoms with Gasteiger partial charge in [-0.05, 0) is 12.1 Å². The lowest BCUT2D eigenvalue weighted by Crippen LogP contribution is -2.39. The molecule has 0 saturated heterocycles. The molecule has 1 N–H and O–H groups in total. The van der Waals surface area contributed by atoms with Gasteiger partial charge in [0.1, 0.15) is 5.69 Å². The van der Waals surface area contributed by atoms with Crippen LogP contribution in [0.1, 0.15) is 21.9 Å². The average Bonchev–Trinajstić information content (AvgIpc) is 3.06. The Morgan fingerprint density at radius 2 is 2.37 bits per heavy atom.